The van der Waals surface area contributed by atoms with Crippen molar-refractivity contribution >= 4 is 34.0 Å². The molecule has 0 atom stereocenters. The predicted octanol–water partition coefficient (Wildman–Crippen LogP) is 3.46. The minimum Gasteiger partial charge on any atom is -0.465 e. The van der Waals surface area contributed by atoms with E-state index in [2.05, 4.69) is 4.98 Å². The summed E-state index contributed by atoms with van der Waals surface area (Å²) in [6, 6.07) is 7.91. The number of para-hydroxylation sites is 2. The average Bonchev–Trinajstić information content (AvgIpc) is 2.90. The van der Waals surface area contributed by atoms with E-state index in [9.17, 15) is 4.79 Å². The van der Waals surface area contributed by atoms with Crippen LogP contribution in [0.25, 0.3) is 22.2 Å². The predicted molar refractivity (Wildman–Crippen MR) is 92.9 cm³/mol. The van der Waals surface area contributed by atoms with Crippen LogP contribution in [-0.4, -0.2) is 27.6 Å². The number of nitrogens with zero attached hydrogens (tertiary/aromatic N) is 3. The number of fused-ring (bicyclic) bond motifs is 2. The van der Waals surface area contributed by atoms with Crippen LogP contribution in [0.4, 0.5) is 5.82 Å². The Morgan fingerprint density at radius 2 is 1.83 bits per heavy atom. The van der Waals surface area contributed by atoms with Gasteiger partial charge >= 0.3 is 5.97 Å². The van der Waals surface area contributed by atoms with Gasteiger partial charge in [0.1, 0.15) is 16.9 Å². The van der Waals surface area contributed by atoms with Crippen LogP contribution in [0.15, 0.2) is 24.3 Å². The van der Waals surface area contributed by atoms with Crippen molar-refractivity contribution in [3.63, 3.8) is 0 Å². The lowest BCUT2D eigenvalue weighted by atomic mass is 9.95. The maximum Gasteiger partial charge on any atom is 0.343 e. The minimum atomic E-state index is -0.461. The Bertz CT molecular complexity index is 926. The van der Waals surface area contributed by atoms with Crippen LogP contribution in [0.3, 0.4) is 0 Å². The molecule has 0 spiro atoms. The van der Waals surface area contributed by atoms with Gasteiger partial charge in [0.2, 0.25) is 0 Å². The number of methoxy groups -OCH3 is 1. The molecule has 1 aliphatic rings. The molecule has 24 heavy (non-hydrogen) atoms. The molecule has 0 aliphatic heterocycles. The number of hydrogen-bond donors (Lipinski definition) is 1. The number of benzene rings is 1. The number of ether oxygens (including phenoxy) is 1. The Kier molecular flexibility index (Phi) is 3.59. The topological polar surface area (TPSA) is 83.0 Å². The van der Waals surface area contributed by atoms with Crippen LogP contribution >= 0.6 is 0 Å². The molecule has 2 heterocycles. The fraction of sp³-hybridized carbons (Fsp3) is 0.389. The molecule has 0 bridgehead atoms. The van der Waals surface area contributed by atoms with E-state index in [-0.39, 0.29) is 6.04 Å². The molecule has 0 radical (unpaired) electrons. The second-order valence-electron chi connectivity index (χ2n) is 6.30. The van der Waals surface area contributed by atoms with Gasteiger partial charge in [-0.1, -0.05) is 31.4 Å². The quantitative estimate of drug-likeness (QED) is 0.730. The van der Waals surface area contributed by atoms with Gasteiger partial charge in [-0.25, -0.2) is 14.8 Å². The fourth-order valence-electron chi connectivity index (χ4n) is 3.69. The highest BCUT2D eigenvalue weighted by Crippen LogP contribution is 2.37. The van der Waals surface area contributed by atoms with Crippen LogP contribution in [0.5, 0.6) is 0 Å². The number of anilines is 1. The standard InChI is InChI=1S/C18H20N4O2/c1-24-18(23)14-15-17(21-13-10-6-5-9-12(13)20-15)22(16(14)19)11-7-3-2-4-8-11/h5-6,9-11H,2-4,7-8,19H2,1H3. The van der Waals surface area contributed by atoms with E-state index in [4.69, 9.17) is 15.5 Å². The molecular formula is C18H20N4O2. The van der Waals surface area contributed by atoms with Crippen molar-refractivity contribution in [2.24, 2.45) is 0 Å². The van der Waals surface area contributed by atoms with Gasteiger partial charge in [0, 0.05) is 6.04 Å². The van der Waals surface area contributed by atoms with Gasteiger partial charge in [-0.15, -0.1) is 0 Å². The number of aromatic nitrogens is 3. The first-order valence-corrected chi connectivity index (χ1v) is 8.35. The van der Waals surface area contributed by atoms with Gasteiger partial charge in [-0.05, 0) is 25.0 Å². The van der Waals surface area contributed by atoms with Crippen molar-refractivity contribution in [3.8, 4) is 0 Å². The largest absolute Gasteiger partial charge is 0.465 e. The number of nitrogens with two attached hydrogens (primary N) is 1. The van der Waals surface area contributed by atoms with E-state index < -0.39 is 5.97 Å². The third-order valence-electron chi connectivity index (χ3n) is 4.86. The SMILES string of the molecule is COC(=O)c1c(N)n(C2CCCCC2)c2nc3ccccc3nc12. The Morgan fingerprint density at radius 3 is 2.50 bits per heavy atom. The summed E-state index contributed by atoms with van der Waals surface area (Å²) in [5, 5.41) is 0. The zero-order valence-corrected chi connectivity index (χ0v) is 13.7. The molecule has 3 aromatic rings. The van der Waals surface area contributed by atoms with E-state index in [1.54, 1.807) is 0 Å². The van der Waals surface area contributed by atoms with Crippen LogP contribution < -0.4 is 5.73 Å². The molecule has 1 fully saturated rings. The first kappa shape index (κ1) is 14.9. The molecule has 0 saturated heterocycles. The molecule has 2 aromatic heterocycles. The number of hydrogen-bond acceptors (Lipinski definition) is 5. The fourth-order valence-corrected chi connectivity index (χ4v) is 3.69. The zero-order valence-electron chi connectivity index (χ0n) is 13.7. The minimum absolute atomic E-state index is 0.259. The van der Waals surface area contributed by atoms with Crippen molar-refractivity contribution in [1.29, 1.82) is 0 Å². The third kappa shape index (κ3) is 2.21. The van der Waals surface area contributed by atoms with Gasteiger partial charge in [0.15, 0.2) is 5.65 Å². The Balaban J connectivity index is 2.04. The van der Waals surface area contributed by atoms with Crippen molar-refractivity contribution in [3.05, 3.63) is 29.8 Å². The van der Waals surface area contributed by atoms with Crippen molar-refractivity contribution in [2.75, 3.05) is 12.8 Å². The Morgan fingerprint density at radius 1 is 1.17 bits per heavy atom. The number of nitrogen functional groups attached to an aromatic ring is 1. The number of carbonyl (C=O) groups excluding carboxylic acids is 1. The average molecular weight is 324 g/mol. The summed E-state index contributed by atoms with van der Waals surface area (Å²) in [5.74, 6) is -0.0457. The molecule has 6 nitrogen and oxygen atoms in total. The zero-order chi connectivity index (χ0) is 16.7. The first-order valence-electron chi connectivity index (χ1n) is 8.35. The summed E-state index contributed by atoms with van der Waals surface area (Å²) in [6.07, 6.45) is 5.66. The summed E-state index contributed by atoms with van der Waals surface area (Å²) in [4.78, 5) is 21.7. The van der Waals surface area contributed by atoms with E-state index in [0.29, 0.717) is 22.5 Å². The van der Waals surface area contributed by atoms with Crippen LogP contribution in [0, 0.1) is 0 Å². The maximum atomic E-state index is 12.3. The molecule has 1 aromatic carbocycles. The number of esters is 1. The van der Waals surface area contributed by atoms with Crippen molar-refractivity contribution in [1.82, 2.24) is 14.5 Å². The molecule has 0 amide bonds. The highest BCUT2D eigenvalue weighted by molar-refractivity contribution is 6.08. The summed E-state index contributed by atoms with van der Waals surface area (Å²) in [7, 11) is 1.36. The van der Waals surface area contributed by atoms with Gasteiger partial charge in [0.25, 0.3) is 0 Å². The molecule has 1 saturated carbocycles. The molecule has 1 aliphatic carbocycles. The van der Waals surface area contributed by atoms with E-state index in [1.807, 2.05) is 28.8 Å². The van der Waals surface area contributed by atoms with Gasteiger partial charge < -0.3 is 15.0 Å². The normalized spacial score (nSPS) is 15.9. The van der Waals surface area contributed by atoms with E-state index in [0.717, 1.165) is 23.9 Å². The van der Waals surface area contributed by atoms with Crippen molar-refractivity contribution in [2.45, 2.75) is 38.1 Å². The lowest BCUT2D eigenvalue weighted by molar-refractivity contribution is 0.0603. The Labute approximate surface area is 139 Å². The number of rotatable bonds is 2. The molecule has 0 unspecified atom stereocenters. The molecule has 124 valence electrons. The third-order valence-corrected chi connectivity index (χ3v) is 4.86. The van der Waals surface area contributed by atoms with E-state index >= 15 is 0 Å². The summed E-state index contributed by atoms with van der Waals surface area (Å²) >= 11 is 0. The highest BCUT2D eigenvalue weighted by atomic mass is 16.5. The van der Waals surface area contributed by atoms with Gasteiger partial charge in [-0.2, -0.15) is 0 Å². The first-order chi connectivity index (χ1) is 11.7. The van der Waals surface area contributed by atoms with Gasteiger partial charge in [0.05, 0.1) is 18.1 Å². The van der Waals surface area contributed by atoms with Gasteiger partial charge in [-0.3, -0.25) is 0 Å². The summed E-state index contributed by atoms with van der Waals surface area (Å²) in [5.41, 5.74) is 9.46. The second kappa shape index (κ2) is 5.78. The van der Waals surface area contributed by atoms with Crippen LogP contribution in [-0.2, 0) is 4.74 Å². The maximum absolute atomic E-state index is 12.3. The van der Waals surface area contributed by atoms with Crippen LogP contribution in [0.1, 0.15) is 48.5 Å². The summed E-state index contributed by atoms with van der Waals surface area (Å²) < 4.78 is 6.94. The molecule has 2 N–H and O–H groups in total. The Hall–Kier alpha value is -2.63. The number of carbonyl (C=O) groups is 1. The van der Waals surface area contributed by atoms with E-state index in [1.165, 1.54) is 26.4 Å². The molecule has 4 rings (SSSR count). The molecule has 6 heteroatoms. The smallest absolute Gasteiger partial charge is 0.343 e. The van der Waals surface area contributed by atoms with Crippen molar-refractivity contribution < 1.29 is 9.53 Å². The summed E-state index contributed by atoms with van der Waals surface area (Å²) in [6.45, 7) is 0. The lowest BCUT2D eigenvalue weighted by Crippen LogP contribution is -2.16. The second-order valence-corrected chi connectivity index (χ2v) is 6.30. The lowest BCUT2D eigenvalue weighted by Gasteiger charge is -2.24. The highest BCUT2D eigenvalue weighted by Gasteiger charge is 2.28. The monoisotopic (exact) mass is 324 g/mol. The van der Waals surface area contributed by atoms with Crippen LogP contribution in [0.2, 0.25) is 0 Å². The molecular weight excluding hydrogens is 304 g/mol.